The summed E-state index contributed by atoms with van der Waals surface area (Å²) in [4.78, 5) is 11.9. The minimum Gasteiger partial charge on any atom is -0.744 e. The molecule has 0 heterocycles. The number of benzene rings is 2. The maximum Gasteiger partial charge on any atom is 1.00 e. The van der Waals surface area contributed by atoms with Crippen molar-refractivity contribution in [3.63, 3.8) is 0 Å². The second-order valence-corrected chi connectivity index (χ2v) is 7.49. The summed E-state index contributed by atoms with van der Waals surface area (Å²) < 4.78 is 70.4. The van der Waals surface area contributed by atoms with Crippen LogP contribution in [0.5, 0.6) is 0 Å². The number of carbonyl (C=O) groups excluding carboxylic acids is 1. The molecule has 0 saturated heterocycles. The number of hydrogen-bond donors (Lipinski definition) is 2. The van der Waals surface area contributed by atoms with Gasteiger partial charge in [0, 0.05) is 11.4 Å². The zero-order valence-corrected chi connectivity index (χ0v) is 18.4. The van der Waals surface area contributed by atoms with E-state index in [1.807, 2.05) is 0 Å². The normalized spacial score (nSPS) is 12.8. The van der Waals surface area contributed by atoms with Crippen LogP contribution in [0.1, 0.15) is 11.1 Å². The van der Waals surface area contributed by atoms with E-state index in [9.17, 15) is 30.9 Å². The van der Waals surface area contributed by atoms with Crippen LogP contribution < -0.4 is 34.9 Å². The van der Waals surface area contributed by atoms with Crippen molar-refractivity contribution in [2.75, 3.05) is 11.1 Å². The SMILES string of the molecule is O=C(Nc1ccc(S(=O)(=O)[O-])cc1)C(CS)Cc1ccc(C(F)(F)F)cc1.[Na+]. The van der Waals surface area contributed by atoms with E-state index in [4.69, 9.17) is 0 Å². The quantitative estimate of drug-likeness (QED) is 0.385. The fraction of sp³-hybridized carbons (Fsp3) is 0.235. The fourth-order valence-corrected chi connectivity index (χ4v) is 3.07. The Morgan fingerprint density at radius 3 is 2.04 bits per heavy atom. The zero-order valence-electron chi connectivity index (χ0n) is 14.7. The Balaban J connectivity index is 0.00000392. The average molecular weight is 441 g/mol. The molecule has 0 aromatic heterocycles. The van der Waals surface area contributed by atoms with E-state index in [1.165, 1.54) is 24.3 Å². The summed E-state index contributed by atoms with van der Waals surface area (Å²) in [6.45, 7) is 0. The van der Waals surface area contributed by atoms with Crippen LogP contribution in [0.3, 0.4) is 0 Å². The van der Waals surface area contributed by atoms with E-state index in [0.717, 1.165) is 24.3 Å². The van der Waals surface area contributed by atoms with E-state index in [2.05, 4.69) is 17.9 Å². The molecule has 1 N–H and O–H groups in total. The van der Waals surface area contributed by atoms with Gasteiger partial charge in [-0.1, -0.05) is 12.1 Å². The molecule has 1 atom stereocenters. The Hall–Kier alpha value is -1.04. The Kier molecular flexibility index (Phi) is 9.04. The number of amides is 1. The molecule has 0 aliphatic heterocycles. The van der Waals surface area contributed by atoms with E-state index in [1.54, 1.807) is 0 Å². The molecule has 5 nitrogen and oxygen atoms in total. The van der Waals surface area contributed by atoms with Crippen molar-refractivity contribution >= 4 is 34.3 Å². The van der Waals surface area contributed by atoms with Crippen LogP contribution in [0, 0.1) is 5.92 Å². The van der Waals surface area contributed by atoms with E-state index >= 15 is 0 Å². The predicted molar refractivity (Wildman–Crippen MR) is 95.5 cm³/mol. The summed E-state index contributed by atoms with van der Waals surface area (Å²) in [6.07, 6.45) is -4.25. The van der Waals surface area contributed by atoms with Crippen LogP contribution >= 0.6 is 12.6 Å². The molecule has 146 valence electrons. The van der Waals surface area contributed by atoms with Gasteiger partial charge in [-0.15, -0.1) is 0 Å². The number of thiol groups is 1. The molecule has 11 heteroatoms. The van der Waals surface area contributed by atoms with Crippen molar-refractivity contribution in [1.82, 2.24) is 0 Å². The summed E-state index contributed by atoms with van der Waals surface area (Å²) in [6, 6.07) is 9.20. The third-order valence-electron chi connectivity index (χ3n) is 3.77. The minimum atomic E-state index is -4.58. The Labute approximate surface area is 188 Å². The Morgan fingerprint density at radius 1 is 1.07 bits per heavy atom. The largest absolute Gasteiger partial charge is 1.00 e. The summed E-state index contributed by atoms with van der Waals surface area (Å²) in [5, 5.41) is 2.56. The molecule has 2 aromatic rings. The third-order valence-corrected chi connectivity index (χ3v) is 5.06. The summed E-state index contributed by atoms with van der Waals surface area (Å²) in [5.74, 6) is -0.893. The molecular formula is C17H15F3NNaO4S2. The third kappa shape index (κ3) is 7.09. The maximum absolute atomic E-state index is 12.6. The Bertz CT molecular complexity index is 901. The van der Waals surface area contributed by atoms with Crippen LogP contribution in [-0.2, 0) is 27.5 Å². The number of rotatable bonds is 6. The summed E-state index contributed by atoms with van der Waals surface area (Å²) >= 11 is 4.11. The van der Waals surface area contributed by atoms with E-state index in [0.29, 0.717) is 5.56 Å². The van der Waals surface area contributed by atoms with Gasteiger partial charge in [-0.3, -0.25) is 4.79 Å². The van der Waals surface area contributed by atoms with Gasteiger partial charge in [0.25, 0.3) is 0 Å². The first kappa shape index (κ1) is 25.0. The number of anilines is 1. The molecule has 0 fully saturated rings. The molecule has 1 unspecified atom stereocenters. The first-order valence-corrected chi connectivity index (χ1v) is 9.68. The van der Waals surface area contributed by atoms with Gasteiger partial charge in [0.1, 0.15) is 10.1 Å². The van der Waals surface area contributed by atoms with Crippen molar-refractivity contribution in [3.05, 3.63) is 59.7 Å². The van der Waals surface area contributed by atoms with Crippen molar-refractivity contribution < 1.29 is 60.5 Å². The monoisotopic (exact) mass is 441 g/mol. The fourth-order valence-electron chi connectivity index (χ4n) is 2.30. The minimum absolute atomic E-state index is 0. The molecule has 0 bridgehead atoms. The van der Waals surface area contributed by atoms with Crippen LogP contribution in [0.2, 0.25) is 0 Å². The van der Waals surface area contributed by atoms with Crippen LogP contribution in [-0.4, -0.2) is 24.6 Å². The molecule has 0 saturated carbocycles. The van der Waals surface area contributed by atoms with E-state index in [-0.39, 0.29) is 47.4 Å². The average Bonchev–Trinajstić information content (AvgIpc) is 2.59. The smallest absolute Gasteiger partial charge is 0.744 e. The molecule has 1 amide bonds. The molecule has 0 aliphatic carbocycles. The molecule has 2 aromatic carbocycles. The topological polar surface area (TPSA) is 86.3 Å². The zero-order chi connectivity index (χ0) is 20.2. The van der Waals surface area contributed by atoms with Gasteiger partial charge in [0.15, 0.2) is 0 Å². The number of hydrogen-bond acceptors (Lipinski definition) is 5. The Morgan fingerprint density at radius 2 is 1.61 bits per heavy atom. The second-order valence-electron chi connectivity index (χ2n) is 5.75. The molecule has 0 aliphatic rings. The van der Waals surface area contributed by atoms with Gasteiger partial charge in [-0.05, 0) is 48.4 Å². The predicted octanol–water partition coefficient (Wildman–Crippen LogP) is 0.341. The van der Waals surface area contributed by atoms with Crippen LogP contribution in [0.25, 0.3) is 0 Å². The van der Waals surface area contributed by atoms with Gasteiger partial charge in [-0.25, -0.2) is 8.42 Å². The molecule has 0 radical (unpaired) electrons. The van der Waals surface area contributed by atoms with Crippen molar-refractivity contribution in [2.24, 2.45) is 5.92 Å². The number of nitrogens with one attached hydrogen (secondary N) is 1. The summed E-state index contributed by atoms with van der Waals surface area (Å²) in [5.41, 5.74) is 0.0585. The first-order chi connectivity index (χ1) is 12.5. The number of halogens is 3. The maximum atomic E-state index is 12.6. The standard InChI is InChI=1S/C17H16F3NO4S2.Na/c18-17(19,20)13-3-1-11(2-4-13)9-12(10-26)16(22)21-14-5-7-15(8-6-14)27(23,24)25;/h1-8,12,26H,9-10H2,(H,21,22)(H,23,24,25);/q;+1/p-1. The van der Waals surface area contributed by atoms with Crippen molar-refractivity contribution in [1.29, 1.82) is 0 Å². The van der Waals surface area contributed by atoms with Crippen molar-refractivity contribution in [2.45, 2.75) is 17.5 Å². The van der Waals surface area contributed by atoms with Crippen LogP contribution in [0.4, 0.5) is 18.9 Å². The molecule has 0 spiro atoms. The van der Waals surface area contributed by atoms with Gasteiger partial charge >= 0.3 is 35.7 Å². The second kappa shape index (κ2) is 10.1. The van der Waals surface area contributed by atoms with Gasteiger partial charge in [0.05, 0.1) is 16.4 Å². The number of carbonyl (C=O) groups is 1. The van der Waals surface area contributed by atoms with Crippen LogP contribution in [0.15, 0.2) is 53.4 Å². The summed E-state index contributed by atoms with van der Waals surface area (Å²) in [7, 11) is -4.58. The molecule has 2 rings (SSSR count). The van der Waals surface area contributed by atoms with Gasteiger partial charge in [-0.2, -0.15) is 25.8 Å². The number of alkyl halides is 3. The van der Waals surface area contributed by atoms with Gasteiger partial charge in [0.2, 0.25) is 5.91 Å². The first-order valence-electron chi connectivity index (χ1n) is 7.64. The van der Waals surface area contributed by atoms with E-state index < -0.39 is 38.6 Å². The molecular weight excluding hydrogens is 426 g/mol. The van der Waals surface area contributed by atoms with Crippen molar-refractivity contribution in [3.8, 4) is 0 Å². The molecule has 28 heavy (non-hydrogen) atoms. The van der Waals surface area contributed by atoms with Gasteiger partial charge < -0.3 is 9.87 Å².